The van der Waals surface area contributed by atoms with Gasteiger partial charge in [-0.15, -0.1) is 0 Å². The van der Waals surface area contributed by atoms with Gasteiger partial charge >= 0.3 is 5.97 Å². The third-order valence-electron chi connectivity index (χ3n) is 2.45. The first-order valence-electron chi connectivity index (χ1n) is 5.55. The second-order valence-electron chi connectivity index (χ2n) is 3.79. The summed E-state index contributed by atoms with van der Waals surface area (Å²) >= 11 is 0. The van der Waals surface area contributed by atoms with Gasteiger partial charge in [-0.3, -0.25) is 5.43 Å². The zero-order chi connectivity index (χ0) is 13.7. The molecule has 0 fully saturated rings. The number of nitrogens with zero attached hydrogens (tertiary/aromatic N) is 1. The number of rotatable bonds is 4. The predicted octanol–water partition coefficient (Wildman–Crippen LogP) is 1.90. The first kappa shape index (κ1) is 12.6. The SMILES string of the molecule is O=C(O)c1ccc(N/N=C/c2ccccc2[O-])cc1. The molecule has 19 heavy (non-hydrogen) atoms. The van der Waals surface area contributed by atoms with Gasteiger partial charge in [0.25, 0.3) is 0 Å². The third kappa shape index (κ3) is 3.32. The highest BCUT2D eigenvalue weighted by Gasteiger charge is 2.00. The van der Waals surface area contributed by atoms with Gasteiger partial charge in [-0.1, -0.05) is 30.0 Å². The van der Waals surface area contributed by atoms with Crippen molar-refractivity contribution in [2.75, 3.05) is 5.43 Å². The maximum absolute atomic E-state index is 11.4. The molecule has 0 unspecified atom stereocenters. The number of nitrogens with one attached hydrogen (secondary N) is 1. The number of para-hydroxylation sites is 1. The van der Waals surface area contributed by atoms with E-state index >= 15 is 0 Å². The molecule has 96 valence electrons. The molecule has 0 atom stereocenters. The average Bonchev–Trinajstić information content (AvgIpc) is 2.41. The van der Waals surface area contributed by atoms with Crippen LogP contribution in [0.15, 0.2) is 53.6 Å². The van der Waals surface area contributed by atoms with E-state index in [2.05, 4.69) is 10.5 Å². The Morgan fingerprint density at radius 1 is 1.16 bits per heavy atom. The molecular weight excluding hydrogens is 244 g/mol. The fourth-order valence-electron chi connectivity index (χ4n) is 1.45. The lowest BCUT2D eigenvalue weighted by atomic mass is 10.2. The smallest absolute Gasteiger partial charge is 0.335 e. The minimum absolute atomic E-state index is 0.103. The van der Waals surface area contributed by atoms with E-state index in [1.807, 2.05) is 0 Å². The van der Waals surface area contributed by atoms with Crippen LogP contribution in [0.3, 0.4) is 0 Å². The van der Waals surface area contributed by atoms with Gasteiger partial charge in [0.1, 0.15) is 0 Å². The van der Waals surface area contributed by atoms with Gasteiger partial charge in [0.05, 0.1) is 17.5 Å². The average molecular weight is 255 g/mol. The largest absolute Gasteiger partial charge is 0.872 e. The summed E-state index contributed by atoms with van der Waals surface area (Å²) in [6.07, 6.45) is 1.42. The van der Waals surface area contributed by atoms with E-state index < -0.39 is 5.97 Å². The molecule has 2 N–H and O–H groups in total. The van der Waals surface area contributed by atoms with Crippen LogP contribution in [-0.4, -0.2) is 17.3 Å². The van der Waals surface area contributed by atoms with Gasteiger partial charge in [0.2, 0.25) is 0 Å². The molecule has 0 radical (unpaired) electrons. The number of benzene rings is 2. The predicted molar refractivity (Wildman–Crippen MR) is 70.5 cm³/mol. The zero-order valence-corrected chi connectivity index (χ0v) is 9.91. The highest BCUT2D eigenvalue weighted by molar-refractivity contribution is 5.88. The second-order valence-corrected chi connectivity index (χ2v) is 3.79. The van der Waals surface area contributed by atoms with Gasteiger partial charge in [0.15, 0.2) is 0 Å². The van der Waals surface area contributed by atoms with Crippen molar-refractivity contribution in [1.29, 1.82) is 0 Å². The van der Waals surface area contributed by atoms with Crippen LogP contribution >= 0.6 is 0 Å². The van der Waals surface area contributed by atoms with Crippen molar-refractivity contribution in [1.82, 2.24) is 0 Å². The van der Waals surface area contributed by atoms with Crippen LogP contribution in [0, 0.1) is 0 Å². The molecule has 0 aliphatic rings. The van der Waals surface area contributed by atoms with E-state index in [0.29, 0.717) is 11.3 Å². The first-order chi connectivity index (χ1) is 9.16. The minimum atomic E-state index is -0.977. The lowest BCUT2D eigenvalue weighted by Crippen LogP contribution is -1.98. The van der Waals surface area contributed by atoms with Crippen LogP contribution in [0.2, 0.25) is 0 Å². The summed E-state index contributed by atoms with van der Waals surface area (Å²) in [5.41, 5.74) is 4.06. The summed E-state index contributed by atoms with van der Waals surface area (Å²) in [4.78, 5) is 10.7. The van der Waals surface area contributed by atoms with Gasteiger partial charge in [-0.2, -0.15) is 5.10 Å². The summed E-state index contributed by atoms with van der Waals surface area (Å²) in [5.74, 6) is -1.08. The van der Waals surface area contributed by atoms with Crippen molar-refractivity contribution in [3.8, 4) is 5.75 Å². The first-order valence-corrected chi connectivity index (χ1v) is 5.55. The van der Waals surface area contributed by atoms with Crippen molar-refractivity contribution >= 4 is 17.9 Å². The summed E-state index contributed by atoms with van der Waals surface area (Å²) in [5, 5.41) is 24.1. The topological polar surface area (TPSA) is 84.8 Å². The fourth-order valence-corrected chi connectivity index (χ4v) is 1.45. The molecule has 0 aromatic heterocycles. The van der Waals surface area contributed by atoms with Gasteiger partial charge in [0, 0.05) is 0 Å². The van der Waals surface area contributed by atoms with Gasteiger partial charge < -0.3 is 10.2 Å². The Balaban J connectivity index is 2.03. The molecular formula is C14H11N2O3-. The Kier molecular flexibility index (Phi) is 3.78. The Labute approximate surface area is 109 Å². The molecule has 5 nitrogen and oxygen atoms in total. The summed E-state index contributed by atoms with van der Waals surface area (Å²) in [6, 6.07) is 12.7. The van der Waals surface area contributed by atoms with Crippen LogP contribution in [0.5, 0.6) is 5.75 Å². The number of hydrogen-bond donors (Lipinski definition) is 2. The maximum atomic E-state index is 11.4. The number of anilines is 1. The Bertz CT molecular complexity index is 606. The number of carbonyl (C=O) groups is 1. The Morgan fingerprint density at radius 3 is 2.47 bits per heavy atom. The van der Waals surface area contributed by atoms with Crippen molar-refractivity contribution in [2.24, 2.45) is 5.10 Å². The fraction of sp³-hybridized carbons (Fsp3) is 0. The number of aromatic carboxylic acids is 1. The van der Waals surface area contributed by atoms with Crippen LogP contribution in [0.1, 0.15) is 15.9 Å². The number of carboxylic acids is 1. The number of hydrazone groups is 1. The Morgan fingerprint density at radius 2 is 1.84 bits per heavy atom. The van der Waals surface area contributed by atoms with Crippen LogP contribution < -0.4 is 10.5 Å². The molecule has 0 bridgehead atoms. The normalized spacial score (nSPS) is 10.5. The highest BCUT2D eigenvalue weighted by atomic mass is 16.4. The number of carboxylic acid groups (broad SMARTS) is 1. The van der Waals surface area contributed by atoms with Crippen molar-refractivity contribution in [3.05, 3.63) is 59.7 Å². The van der Waals surface area contributed by atoms with Crippen LogP contribution in [-0.2, 0) is 0 Å². The monoisotopic (exact) mass is 255 g/mol. The lowest BCUT2D eigenvalue weighted by molar-refractivity contribution is -0.268. The van der Waals surface area contributed by atoms with Crippen LogP contribution in [0.25, 0.3) is 0 Å². The highest BCUT2D eigenvalue weighted by Crippen LogP contribution is 2.11. The Hall–Kier alpha value is -2.82. The molecule has 0 spiro atoms. The van der Waals surface area contributed by atoms with Gasteiger partial charge in [-0.05, 0) is 29.8 Å². The molecule has 2 rings (SSSR count). The summed E-state index contributed by atoms with van der Waals surface area (Å²) in [6.45, 7) is 0. The van der Waals surface area contributed by atoms with E-state index in [4.69, 9.17) is 5.11 Å². The van der Waals surface area contributed by atoms with Crippen molar-refractivity contribution in [2.45, 2.75) is 0 Å². The van der Waals surface area contributed by atoms with Crippen molar-refractivity contribution in [3.63, 3.8) is 0 Å². The molecule has 0 aliphatic heterocycles. The quantitative estimate of drug-likeness (QED) is 0.645. The minimum Gasteiger partial charge on any atom is -0.872 e. The second kappa shape index (κ2) is 5.68. The lowest BCUT2D eigenvalue weighted by Gasteiger charge is -2.08. The molecule has 0 heterocycles. The summed E-state index contributed by atoms with van der Waals surface area (Å²) in [7, 11) is 0. The standard InChI is InChI=1S/C14H12N2O3/c17-13-4-2-1-3-11(13)9-15-16-12-7-5-10(6-8-12)14(18)19/h1-9,16-17H,(H,18,19)/p-1/b15-9+. The van der Waals surface area contributed by atoms with E-state index in [1.54, 1.807) is 30.3 Å². The molecule has 0 amide bonds. The molecule has 2 aromatic carbocycles. The summed E-state index contributed by atoms with van der Waals surface area (Å²) < 4.78 is 0. The molecule has 0 aliphatic carbocycles. The maximum Gasteiger partial charge on any atom is 0.335 e. The molecule has 0 saturated heterocycles. The van der Waals surface area contributed by atoms with E-state index in [-0.39, 0.29) is 11.3 Å². The van der Waals surface area contributed by atoms with Crippen LogP contribution in [0.4, 0.5) is 5.69 Å². The van der Waals surface area contributed by atoms with E-state index in [0.717, 1.165) is 0 Å². The van der Waals surface area contributed by atoms with Gasteiger partial charge in [-0.25, -0.2) is 4.79 Å². The van der Waals surface area contributed by atoms with E-state index in [9.17, 15) is 9.90 Å². The van der Waals surface area contributed by atoms with E-state index in [1.165, 1.54) is 24.4 Å². The molecule has 0 saturated carbocycles. The van der Waals surface area contributed by atoms with Crippen molar-refractivity contribution < 1.29 is 15.0 Å². The molecule has 2 aromatic rings. The zero-order valence-electron chi connectivity index (χ0n) is 9.91. The number of hydrogen-bond acceptors (Lipinski definition) is 4. The molecule has 5 heteroatoms. The third-order valence-corrected chi connectivity index (χ3v) is 2.45.